The maximum Gasteiger partial charge on any atom is 0.326 e. The molecule has 1 aromatic carbocycles. The fourth-order valence-electron chi connectivity index (χ4n) is 10.2. The van der Waals surface area contributed by atoms with Gasteiger partial charge in [0.2, 0.25) is 76.8 Å². The van der Waals surface area contributed by atoms with Crippen molar-refractivity contribution in [3.8, 4) is 0 Å². The van der Waals surface area contributed by atoms with Crippen LogP contribution in [0.2, 0.25) is 0 Å². The van der Waals surface area contributed by atoms with Crippen LogP contribution >= 0.6 is 12.6 Å². The molecule has 0 aliphatic carbocycles. The Morgan fingerprint density at radius 1 is 0.500 bits per heavy atom. The lowest BCUT2D eigenvalue weighted by Gasteiger charge is -2.30. The van der Waals surface area contributed by atoms with Crippen LogP contribution in [0, 0.1) is 23.2 Å². The number of primary amides is 1. The quantitative estimate of drug-likeness (QED) is 0.0127. The molecular weight excluding hydrogens is 1380 g/mol. The number of aromatic nitrogens is 2. The summed E-state index contributed by atoms with van der Waals surface area (Å²) < 4.78 is 0. The number of rotatable bonds is 49. The number of nitrogens with two attached hydrogens (primary N) is 5. The molecule has 0 aliphatic heterocycles. The Hall–Kier alpha value is -9.57. The summed E-state index contributed by atoms with van der Waals surface area (Å²) in [4.78, 5) is 198. The summed E-state index contributed by atoms with van der Waals surface area (Å²) in [5, 5.41) is 70.5. The van der Waals surface area contributed by atoms with Crippen molar-refractivity contribution in [3.05, 3.63) is 54.1 Å². The van der Waals surface area contributed by atoms with Crippen molar-refractivity contribution in [3.63, 3.8) is 0 Å². The lowest BCUT2D eigenvalue weighted by Crippen LogP contribution is -2.62. The number of hydrogen-bond acceptors (Lipinski definition) is 22. The summed E-state index contributed by atoms with van der Waals surface area (Å²) in [6, 6.07) is -10.7. The second kappa shape index (κ2) is 46.9. The first-order valence-corrected chi connectivity index (χ1v) is 34.9. The number of nitrogens with one attached hydrogen (secondary N) is 15. The number of nitrogens with zero attached hydrogens (tertiary/aromatic N) is 1. The Kier molecular flexibility index (Phi) is 40.8. The lowest BCUT2D eigenvalue weighted by molar-refractivity contribution is -0.143. The number of thiol groups is 1. The number of H-pyrrole nitrogens is 1. The third kappa shape index (κ3) is 32.4. The van der Waals surface area contributed by atoms with Gasteiger partial charge in [-0.05, 0) is 95.2 Å². The topological polar surface area (TPSA) is 639 Å². The monoisotopic (exact) mass is 1490 g/mol. The Morgan fingerprint density at radius 3 is 1.40 bits per heavy atom. The molecule has 1 aromatic heterocycles. The molecule has 2 aromatic rings. The zero-order valence-electron chi connectivity index (χ0n) is 60.0. The second-order valence-corrected chi connectivity index (χ2v) is 26.4. The molecule has 0 saturated heterocycles. The number of benzene rings is 1. The number of amides is 13. The normalized spacial score (nSPS) is 15.3. The Labute approximate surface area is 609 Å². The van der Waals surface area contributed by atoms with Gasteiger partial charge < -0.3 is 118 Å². The molecule has 38 nitrogen and oxygen atoms in total. The van der Waals surface area contributed by atoms with Crippen LogP contribution in [0.15, 0.2) is 42.9 Å². The van der Waals surface area contributed by atoms with Gasteiger partial charge in [0.1, 0.15) is 72.5 Å². The van der Waals surface area contributed by atoms with E-state index in [0.29, 0.717) is 37.1 Å². The molecule has 0 spiro atoms. The highest BCUT2D eigenvalue weighted by Gasteiger charge is 2.39. The van der Waals surface area contributed by atoms with Gasteiger partial charge in [-0.2, -0.15) is 12.6 Å². The van der Waals surface area contributed by atoms with Gasteiger partial charge in [-0.1, -0.05) is 78.3 Å². The molecule has 0 aliphatic rings. The van der Waals surface area contributed by atoms with Crippen molar-refractivity contribution >= 4 is 101 Å². The fourth-order valence-corrected chi connectivity index (χ4v) is 10.4. The van der Waals surface area contributed by atoms with Crippen molar-refractivity contribution in [2.24, 2.45) is 46.4 Å². The number of carboxylic acids is 1. The zero-order valence-corrected chi connectivity index (χ0v) is 60.9. The molecule has 14 atom stereocenters. The minimum absolute atomic E-state index is 0.00582. The summed E-state index contributed by atoms with van der Waals surface area (Å²) >= 11 is 4.27. The van der Waals surface area contributed by atoms with Crippen molar-refractivity contribution in [2.75, 3.05) is 32.0 Å². The molecule has 13 amide bonds. The Bertz CT molecular complexity index is 3170. The van der Waals surface area contributed by atoms with Crippen LogP contribution in [-0.2, 0) is 80.0 Å². The van der Waals surface area contributed by atoms with E-state index < -0.39 is 204 Å². The van der Waals surface area contributed by atoms with Gasteiger partial charge >= 0.3 is 5.97 Å². The van der Waals surface area contributed by atoms with E-state index in [0.717, 1.165) is 0 Å². The van der Waals surface area contributed by atoms with E-state index in [2.05, 4.69) is 91.7 Å². The highest BCUT2D eigenvalue weighted by Crippen LogP contribution is 2.14. The maximum atomic E-state index is 14.5. The number of aromatic amines is 1. The molecule has 2 rings (SSSR count). The van der Waals surface area contributed by atoms with E-state index in [9.17, 15) is 82.4 Å². The van der Waals surface area contributed by atoms with Crippen LogP contribution in [0.25, 0.3) is 0 Å². The summed E-state index contributed by atoms with van der Waals surface area (Å²) in [6.07, 6.45) is 1.92. The minimum Gasteiger partial charge on any atom is -0.480 e. The molecule has 0 fully saturated rings. The number of carbonyl (C=O) groups is 14. The number of aliphatic hydroxyl groups is 2. The molecule has 39 heteroatoms. The van der Waals surface area contributed by atoms with Gasteiger partial charge in [0, 0.05) is 31.3 Å². The maximum absolute atomic E-state index is 14.5. The number of guanidine groups is 1. The van der Waals surface area contributed by atoms with Crippen LogP contribution in [0.4, 0.5) is 0 Å². The predicted octanol–water partition coefficient (Wildman–Crippen LogP) is -6.89. The first kappa shape index (κ1) is 90.5. The van der Waals surface area contributed by atoms with Crippen molar-refractivity contribution in [1.29, 1.82) is 5.41 Å². The predicted molar refractivity (Wildman–Crippen MR) is 383 cm³/mol. The van der Waals surface area contributed by atoms with E-state index in [1.165, 1.54) is 40.2 Å². The summed E-state index contributed by atoms with van der Waals surface area (Å²) in [7, 11) is 0. The van der Waals surface area contributed by atoms with Crippen LogP contribution in [-0.4, -0.2) is 231 Å². The van der Waals surface area contributed by atoms with Crippen molar-refractivity contribution < 1.29 is 82.4 Å². The average molecular weight is 1490 g/mol. The Balaban J connectivity index is 2.35. The van der Waals surface area contributed by atoms with E-state index in [1.807, 2.05) is 0 Å². The largest absolute Gasteiger partial charge is 0.480 e. The molecule has 104 heavy (non-hydrogen) atoms. The first-order chi connectivity index (χ1) is 49.0. The second-order valence-electron chi connectivity index (χ2n) is 26.1. The van der Waals surface area contributed by atoms with Crippen LogP contribution < -0.4 is 97.8 Å². The van der Waals surface area contributed by atoms with Crippen molar-refractivity contribution in [2.45, 2.75) is 211 Å². The number of imidazole rings is 1. The van der Waals surface area contributed by atoms with E-state index >= 15 is 0 Å². The number of carbonyl (C=O) groups excluding carboxylic acids is 13. The summed E-state index contributed by atoms with van der Waals surface area (Å²) in [5.74, 6) is -17.1. The lowest BCUT2D eigenvalue weighted by atomic mass is 9.98. The van der Waals surface area contributed by atoms with Gasteiger partial charge in [-0.15, -0.1) is 0 Å². The Morgan fingerprint density at radius 2 is 0.923 bits per heavy atom. The zero-order chi connectivity index (χ0) is 78.5. The smallest absolute Gasteiger partial charge is 0.326 e. The molecule has 0 saturated carbocycles. The van der Waals surface area contributed by atoms with Crippen molar-refractivity contribution in [1.82, 2.24) is 79.1 Å². The summed E-state index contributed by atoms with van der Waals surface area (Å²) in [5.41, 5.74) is 29.4. The highest BCUT2D eigenvalue weighted by atomic mass is 32.1. The molecule has 28 N–H and O–H groups in total. The molecular formula is C65H109N21O17S. The molecule has 0 unspecified atom stereocenters. The van der Waals surface area contributed by atoms with Crippen LogP contribution in [0.1, 0.15) is 124 Å². The van der Waals surface area contributed by atoms with Gasteiger partial charge in [0.05, 0.1) is 37.2 Å². The van der Waals surface area contributed by atoms with Crippen LogP contribution in [0.5, 0.6) is 0 Å². The summed E-state index contributed by atoms with van der Waals surface area (Å²) in [6.45, 7) is 11.2. The van der Waals surface area contributed by atoms with E-state index in [1.54, 1.807) is 58.0 Å². The fraction of sp³-hybridized carbons (Fsp3) is 0.631. The van der Waals surface area contributed by atoms with E-state index in [-0.39, 0.29) is 63.8 Å². The molecule has 1 heterocycles. The first-order valence-electron chi connectivity index (χ1n) is 34.3. The number of unbranched alkanes of at least 4 members (excludes halogenated alkanes) is 2. The highest BCUT2D eigenvalue weighted by molar-refractivity contribution is 7.80. The standard InChI is InChI=1S/C65H109N21O17S/c1-32(2)48(85-61(99)49(33(3)4)83-57(95)43(27-47(69)89)79-58(96)45(29-87)81-52(90)35(7)75-56(94)42(25-37-17-10-9-11-18-37)78-53(91)39(68)19-12-14-22-66)60(98)77-41(21-16-24-73-65(70)71)54(92)76-40(20-13-15-23-67)55(93)82-46(30-104)59(97)84-50(34(5)6)62(100)86-51(36(8)88)63(101)80-44(64(102)103)26-38-28-72-31-74-38/h9-11,17-18,28,31-36,39-46,48-51,87-88,104H,12-16,19-27,29-30,66-68H2,1-8H3,(H2,69,89)(H,72,74)(H,75,94)(H,76,92)(H,77,98)(H,78,91)(H,79,96)(H,80,101)(H,81,90)(H,82,93)(H,83,95)(H,84,97)(H,85,99)(H,86,100)(H,102,103)(H4,70,71,73)/t35-,36+,39-,40-,41-,42-,43-,44-,45-,46-,48-,49-,50-,51-/m0/s1. The average Bonchev–Trinajstić information content (AvgIpc) is 0.904. The van der Waals surface area contributed by atoms with Crippen LogP contribution in [0.3, 0.4) is 0 Å². The number of carboxylic acid groups (broad SMARTS) is 1. The van der Waals surface area contributed by atoms with Gasteiger partial charge in [0.25, 0.3) is 0 Å². The molecule has 0 bridgehead atoms. The minimum atomic E-state index is -1.85. The van der Waals surface area contributed by atoms with Gasteiger partial charge in [-0.3, -0.25) is 67.7 Å². The SMILES string of the molecule is CC(C)[C@H](NC(=O)[C@H](CC(N)=O)NC(=O)[C@H](CO)NC(=O)[C@H](C)NC(=O)[C@H](Cc1ccccc1)NC(=O)[C@@H](N)CCCCN)C(=O)N[C@H](C(=O)N[C@@H](CCCNC(=N)N)C(=O)N[C@@H](CCCCN)C(=O)N[C@@H](CS)C(=O)N[C@H](C(=O)N[C@H](C(=O)N[C@@H](Cc1c[nH]cn1)C(=O)O)[C@@H](C)O)C(C)C)C(C)C. The number of aliphatic carboxylic acids is 1. The third-order valence-corrected chi connectivity index (χ3v) is 16.6. The number of hydrogen-bond donors (Lipinski definition) is 24. The van der Waals surface area contributed by atoms with E-state index in [4.69, 9.17) is 34.1 Å². The molecule has 582 valence electrons. The third-order valence-electron chi connectivity index (χ3n) is 16.2. The number of aliphatic hydroxyl groups excluding tert-OH is 2. The van der Waals surface area contributed by atoms with Gasteiger partial charge in [0.15, 0.2) is 5.96 Å². The van der Waals surface area contributed by atoms with Gasteiger partial charge in [-0.25, -0.2) is 9.78 Å². The molecule has 0 radical (unpaired) electrons.